The van der Waals surface area contributed by atoms with Gasteiger partial charge in [0.15, 0.2) is 0 Å². The number of nitrogens with one attached hydrogen (secondary N) is 1. The van der Waals surface area contributed by atoms with Gasteiger partial charge in [0, 0.05) is 5.75 Å². The Hall–Kier alpha value is -1.40. The first-order valence-corrected chi connectivity index (χ1v) is 7.97. The Labute approximate surface area is 124 Å². The number of rotatable bonds is 8. The zero-order chi connectivity index (χ0) is 14.2. The molecule has 0 aliphatic heterocycles. The fourth-order valence-electron chi connectivity index (χ4n) is 1.80. The highest BCUT2D eigenvalue weighted by Gasteiger charge is 2.10. The van der Waals surface area contributed by atoms with Gasteiger partial charge >= 0.3 is 0 Å². The Morgan fingerprint density at radius 2 is 2.10 bits per heavy atom. The molecule has 0 bridgehead atoms. The summed E-state index contributed by atoms with van der Waals surface area (Å²) >= 11 is 1.70. The van der Waals surface area contributed by atoms with E-state index in [1.807, 2.05) is 30.3 Å². The van der Waals surface area contributed by atoms with Gasteiger partial charge in [0.1, 0.15) is 0 Å². The molecule has 6 heteroatoms. The van der Waals surface area contributed by atoms with Crippen molar-refractivity contribution in [3.05, 3.63) is 30.3 Å². The molecular formula is C14H21N5S. The van der Waals surface area contributed by atoms with E-state index in [0.29, 0.717) is 5.92 Å². The van der Waals surface area contributed by atoms with E-state index < -0.39 is 0 Å². The minimum Gasteiger partial charge on any atom is -0.316 e. The van der Waals surface area contributed by atoms with Crippen molar-refractivity contribution in [2.45, 2.75) is 25.4 Å². The molecule has 2 aromatic rings. The van der Waals surface area contributed by atoms with Crippen LogP contribution in [0.25, 0.3) is 5.69 Å². The van der Waals surface area contributed by atoms with Gasteiger partial charge in [-0.15, -0.1) is 5.10 Å². The molecule has 1 atom stereocenters. The lowest BCUT2D eigenvalue weighted by Crippen LogP contribution is -2.23. The third-order valence-corrected chi connectivity index (χ3v) is 4.11. The number of aromatic nitrogens is 4. The quantitative estimate of drug-likeness (QED) is 0.598. The van der Waals surface area contributed by atoms with Crippen LogP contribution >= 0.6 is 11.8 Å². The molecule has 1 aromatic heterocycles. The number of hydrogen-bond acceptors (Lipinski definition) is 5. The van der Waals surface area contributed by atoms with Gasteiger partial charge in [0.25, 0.3) is 0 Å². The van der Waals surface area contributed by atoms with Crippen molar-refractivity contribution in [3.63, 3.8) is 0 Å². The molecule has 0 saturated heterocycles. The van der Waals surface area contributed by atoms with Gasteiger partial charge in [0.05, 0.1) is 5.69 Å². The third kappa shape index (κ3) is 4.31. The largest absolute Gasteiger partial charge is 0.316 e. The number of tetrazole rings is 1. The van der Waals surface area contributed by atoms with Gasteiger partial charge in [-0.3, -0.25) is 0 Å². The molecule has 0 aliphatic carbocycles. The Kier molecular flexibility index (Phi) is 6.01. The molecule has 0 spiro atoms. The van der Waals surface area contributed by atoms with E-state index in [1.165, 1.54) is 6.42 Å². The van der Waals surface area contributed by atoms with Crippen LogP contribution in [0.15, 0.2) is 35.5 Å². The summed E-state index contributed by atoms with van der Waals surface area (Å²) in [5.41, 5.74) is 0.997. The zero-order valence-corrected chi connectivity index (χ0v) is 12.8. The van der Waals surface area contributed by atoms with Crippen LogP contribution < -0.4 is 5.32 Å². The summed E-state index contributed by atoms with van der Waals surface area (Å²) in [5.74, 6) is 1.59. The Morgan fingerprint density at radius 1 is 1.30 bits per heavy atom. The summed E-state index contributed by atoms with van der Waals surface area (Å²) in [6, 6.07) is 9.98. The van der Waals surface area contributed by atoms with Crippen LogP contribution in [0.3, 0.4) is 0 Å². The number of benzene rings is 1. The normalized spacial score (nSPS) is 12.5. The molecule has 0 amide bonds. The summed E-state index contributed by atoms with van der Waals surface area (Å²) in [7, 11) is 0. The van der Waals surface area contributed by atoms with Crippen molar-refractivity contribution >= 4 is 11.8 Å². The average Bonchev–Trinajstić information content (AvgIpc) is 2.95. The van der Waals surface area contributed by atoms with Crippen LogP contribution in [0.1, 0.15) is 20.3 Å². The monoisotopic (exact) mass is 291 g/mol. The molecule has 1 N–H and O–H groups in total. The Morgan fingerprint density at radius 3 is 2.85 bits per heavy atom. The maximum Gasteiger partial charge on any atom is 0.214 e. The van der Waals surface area contributed by atoms with Crippen molar-refractivity contribution in [1.29, 1.82) is 0 Å². The van der Waals surface area contributed by atoms with Crippen molar-refractivity contribution in [3.8, 4) is 5.69 Å². The van der Waals surface area contributed by atoms with Gasteiger partial charge in [-0.25, -0.2) is 0 Å². The van der Waals surface area contributed by atoms with E-state index >= 15 is 0 Å². The fourth-order valence-corrected chi connectivity index (χ4v) is 2.71. The fraction of sp³-hybridized carbons (Fsp3) is 0.500. The van der Waals surface area contributed by atoms with Crippen molar-refractivity contribution in [2.75, 3.05) is 18.8 Å². The molecule has 5 nitrogen and oxygen atoms in total. The Balaban J connectivity index is 1.90. The number of hydrogen-bond donors (Lipinski definition) is 1. The van der Waals surface area contributed by atoms with E-state index in [9.17, 15) is 0 Å². The molecule has 1 unspecified atom stereocenters. The predicted octanol–water partition coefficient (Wildman–Crippen LogP) is 2.39. The Bertz CT molecular complexity index is 499. The van der Waals surface area contributed by atoms with Crippen LogP contribution in [0.5, 0.6) is 0 Å². The maximum atomic E-state index is 4.11. The van der Waals surface area contributed by atoms with E-state index in [4.69, 9.17) is 0 Å². The molecule has 108 valence electrons. The van der Waals surface area contributed by atoms with Gasteiger partial charge < -0.3 is 5.32 Å². The molecule has 1 aromatic carbocycles. The van der Waals surface area contributed by atoms with Crippen LogP contribution in [-0.2, 0) is 0 Å². The smallest absolute Gasteiger partial charge is 0.214 e. The number of para-hydroxylation sites is 1. The van der Waals surface area contributed by atoms with Crippen molar-refractivity contribution < 1.29 is 0 Å². The summed E-state index contributed by atoms with van der Waals surface area (Å²) in [6.45, 7) is 6.54. The molecule has 2 rings (SSSR count). The summed E-state index contributed by atoms with van der Waals surface area (Å²) < 4.78 is 1.79. The second-order valence-electron chi connectivity index (χ2n) is 4.83. The molecule has 20 heavy (non-hydrogen) atoms. The summed E-state index contributed by atoms with van der Waals surface area (Å²) in [6.07, 6.45) is 1.17. The standard InChI is InChI=1S/C14H21N5S/c1-3-9-15-10-12(2)11-20-14-16-17-18-19(14)13-7-5-4-6-8-13/h4-8,12,15H,3,9-11H2,1-2H3. The lowest BCUT2D eigenvalue weighted by molar-refractivity contribution is 0.556. The highest BCUT2D eigenvalue weighted by molar-refractivity contribution is 7.99. The molecule has 1 heterocycles. The van der Waals surface area contributed by atoms with E-state index in [2.05, 4.69) is 34.7 Å². The molecular weight excluding hydrogens is 270 g/mol. The SMILES string of the molecule is CCCNCC(C)CSc1nnnn1-c1ccccc1. The van der Waals surface area contributed by atoms with Crippen LogP contribution in [0.2, 0.25) is 0 Å². The van der Waals surface area contributed by atoms with Crippen molar-refractivity contribution in [1.82, 2.24) is 25.5 Å². The number of thioether (sulfide) groups is 1. The molecule has 0 radical (unpaired) electrons. The molecule has 0 fully saturated rings. The predicted molar refractivity (Wildman–Crippen MR) is 82.2 cm³/mol. The molecule has 0 aliphatic rings. The van der Waals surface area contributed by atoms with Crippen molar-refractivity contribution in [2.24, 2.45) is 5.92 Å². The van der Waals surface area contributed by atoms with E-state index in [1.54, 1.807) is 16.4 Å². The first-order valence-electron chi connectivity index (χ1n) is 6.98. The van der Waals surface area contributed by atoms with E-state index in [0.717, 1.165) is 29.7 Å². The highest BCUT2D eigenvalue weighted by atomic mass is 32.2. The minimum absolute atomic E-state index is 0.590. The second-order valence-corrected chi connectivity index (χ2v) is 5.82. The topological polar surface area (TPSA) is 55.6 Å². The molecule has 0 saturated carbocycles. The maximum absolute atomic E-state index is 4.11. The summed E-state index contributed by atoms with van der Waals surface area (Å²) in [5, 5.41) is 16.2. The van der Waals surface area contributed by atoms with Crippen LogP contribution in [0.4, 0.5) is 0 Å². The summed E-state index contributed by atoms with van der Waals surface area (Å²) in [4.78, 5) is 0. The lowest BCUT2D eigenvalue weighted by Gasteiger charge is -2.11. The first kappa shape index (κ1) is 15.0. The lowest BCUT2D eigenvalue weighted by atomic mass is 10.2. The van der Waals surface area contributed by atoms with E-state index in [-0.39, 0.29) is 0 Å². The van der Waals surface area contributed by atoms with Gasteiger partial charge in [-0.05, 0) is 48.0 Å². The first-order chi connectivity index (χ1) is 9.81. The van der Waals surface area contributed by atoms with Gasteiger partial charge in [-0.1, -0.05) is 43.8 Å². The third-order valence-electron chi connectivity index (χ3n) is 2.86. The second kappa shape index (κ2) is 8.01. The average molecular weight is 291 g/mol. The van der Waals surface area contributed by atoms with Crippen LogP contribution in [0, 0.1) is 5.92 Å². The number of nitrogens with zero attached hydrogens (tertiary/aromatic N) is 4. The van der Waals surface area contributed by atoms with Gasteiger partial charge in [-0.2, -0.15) is 4.68 Å². The zero-order valence-electron chi connectivity index (χ0n) is 12.0. The highest BCUT2D eigenvalue weighted by Crippen LogP contribution is 2.20. The van der Waals surface area contributed by atoms with Crippen LogP contribution in [-0.4, -0.2) is 39.0 Å². The minimum atomic E-state index is 0.590. The van der Waals surface area contributed by atoms with Gasteiger partial charge in [0.2, 0.25) is 5.16 Å².